The van der Waals surface area contributed by atoms with Crippen molar-refractivity contribution in [1.29, 1.82) is 0 Å². The fourth-order valence-electron chi connectivity index (χ4n) is 1.51. The number of pyridine rings is 2. The Morgan fingerprint density at radius 2 is 1.94 bits per heavy atom. The Balaban J connectivity index is 2.25. The summed E-state index contributed by atoms with van der Waals surface area (Å²) in [5.74, 6) is 5.35. The third-order valence-corrected chi connectivity index (χ3v) is 2.44. The number of nitrogens with one attached hydrogen (secondary N) is 2. The van der Waals surface area contributed by atoms with E-state index in [0.29, 0.717) is 17.1 Å². The maximum absolute atomic E-state index is 12.1. The summed E-state index contributed by atoms with van der Waals surface area (Å²) in [5.41, 5.74) is 4.18. The molecule has 6 heteroatoms. The van der Waals surface area contributed by atoms with Gasteiger partial charge in [0.2, 0.25) is 0 Å². The van der Waals surface area contributed by atoms with Gasteiger partial charge in [0.15, 0.2) is 5.82 Å². The van der Waals surface area contributed by atoms with Crippen molar-refractivity contribution >= 4 is 17.4 Å². The SMILES string of the molecule is Cc1ncccc1NC(=O)c1cccnc1NN. The van der Waals surface area contributed by atoms with Crippen molar-refractivity contribution in [2.75, 3.05) is 10.7 Å². The van der Waals surface area contributed by atoms with E-state index in [9.17, 15) is 4.79 Å². The monoisotopic (exact) mass is 243 g/mol. The smallest absolute Gasteiger partial charge is 0.259 e. The van der Waals surface area contributed by atoms with Gasteiger partial charge in [-0.05, 0) is 31.2 Å². The van der Waals surface area contributed by atoms with E-state index < -0.39 is 0 Å². The van der Waals surface area contributed by atoms with E-state index in [1.807, 2.05) is 6.92 Å². The summed E-state index contributed by atoms with van der Waals surface area (Å²) in [6.07, 6.45) is 3.23. The van der Waals surface area contributed by atoms with Gasteiger partial charge in [-0.2, -0.15) is 0 Å². The van der Waals surface area contributed by atoms with Gasteiger partial charge in [0.25, 0.3) is 5.91 Å². The molecule has 0 saturated carbocycles. The predicted octanol–water partition coefficient (Wildman–Crippen LogP) is 1.32. The molecule has 0 aromatic carbocycles. The van der Waals surface area contributed by atoms with Crippen LogP contribution in [0.4, 0.5) is 11.5 Å². The molecule has 0 atom stereocenters. The largest absolute Gasteiger partial charge is 0.320 e. The summed E-state index contributed by atoms with van der Waals surface area (Å²) in [4.78, 5) is 20.1. The zero-order valence-electron chi connectivity index (χ0n) is 9.84. The molecular formula is C12H13N5O. The van der Waals surface area contributed by atoms with Crippen LogP contribution in [0.25, 0.3) is 0 Å². The Labute approximate surface area is 104 Å². The first-order valence-corrected chi connectivity index (χ1v) is 5.37. The van der Waals surface area contributed by atoms with Crippen molar-refractivity contribution in [3.05, 3.63) is 47.9 Å². The van der Waals surface area contributed by atoms with Gasteiger partial charge >= 0.3 is 0 Å². The van der Waals surface area contributed by atoms with E-state index in [1.165, 1.54) is 0 Å². The van der Waals surface area contributed by atoms with Crippen LogP contribution >= 0.6 is 0 Å². The second kappa shape index (κ2) is 5.24. The van der Waals surface area contributed by atoms with Crippen molar-refractivity contribution < 1.29 is 4.79 Å². The molecule has 0 aliphatic heterocycles. The molecule has 0 bridgehead atoms. The van der Waals surface area contributed by atoms with Crippen LogP contribution in [-0.2, 0) is 0 Å². The highest BCUT2D eigenvalue weighted by molar-refractivity contribution is 6.07. The van der Waals surface area contributed by atoms with Crippen molar-refractivity contribution in [2.24, 2.45) is 5.84 Å². The lowest BCUT2D eigenvalue weighted by Crippen LogP contribution is -2.18. The number of nitrogens with zero attached hydrogens (tertiary/aromatic N) is 2. The number of carbonyl (C=O) groups is 1. The molecular weight excluding hydrogens is 230 g/mol. The number of hydrogen-bond acceptors (Lipinski definition) is 5. The van der Waals surface area contributed by atoms with Gasteiger partial charge in [0.05, 0.1) is 16.9 Å². The molecule has 2 rings (SSSR count). The van der Waals surface area contributed by atoms with Crippen LogP contribution in [0.1, 0.15) is 16.1 Å². The minimum atomic E-state index is -0.285. The maximum Gasteiger partial charge on any atom is 0.259 e. The molecule has 2 aromatic rings. The minimum absolute atomic E-state index is 0.285. The Morgan fingerprint density at radius 1 is 1.22 bits per heavy atom. The van der Waals surface area contributed by atoms with Crippen molar-refractivity contribution in [3.63, 3.8) is 0 Å². The number of nitrogens with two attached hydrogens (primary N) is 1. The molecule has 18 heavy (non-hydrogen) atoms. The number of aromatic nitrogens is 2. The van der Waals surface area contributed by atoms with Crippen LogP contribution < -0.4 is 16.6 Å². The summed E-state index contributed by atoms with van der Waals surface area (Å²) in [6, 6.07) is 6.86. The number of rotatable bonds is 3. The first-order chi connectivity index (χ1) is 8.72. The molecule has 6 nitrogen and oxygen atoms in total. The van der Waals surface area contributed by atoms with E-state index in [0.717, 1.165) is 5.69 Å². The van der Waals surface area contributed by atoms with Gasteiger partial charge in [-0.1, -0.05) is 0 Å². The first kappa shape index (κ1) is 12.0. The standard InChI is InChI=1S/C12H13N5O/c1-8-10(5-3-6-14-8)16-12(18)9-4-2-7-15-11(9)17-13/h2-7H,13H2,1H3,(H,15,17)(H,16,18). The van der Waals surface area contributed by atoms with Crippen molar-refractivity contribution in [2.45, 2.75) is 6.92 Å². The van der Waals surface area contributed by atoms with Crippen LogP contribution in [0, 0.1) is 6.92 Å². The Kier molecular flexibility index (Phi) is 3.49. The lowest BCUT2D eigenvalue weighted by atomic mass is 10.2. The van der Waals surface area contributed by atoms with Crippen LogP contribution in [-0.4, -0.2) is 15.9 Å². The average Bonchev–Trinajstić information content (AvgIpc) is 2.41. The lowest BCUT2D eigenvalue weighted by molar-refractivity contribution is 0.102. The number of amides is 1. The molecule has 0 aliphatic carbocycles. The summed E-state index contributed by atoms with van der Waals surface area (Å²) in [5, 5.41) is 2.76. The van der Waals surface area contributed by atoms with Gasteiger partial charge in [-0.3, -0.25) is 9.78 Å². The summed E-state index contributed by atoms with van der Waals surface area (Å²) < 4.78 is 0. The third-order valence-electron chi connectivity index (χ3n) is 2.44. The second-order valence-corrected chi connectivity index (χ2v) is 3.63. The zero-order chi connectivity index (χ0) is 13.0. The van der Waals surface area contributed by atoms with Gasteiger partial charge in [0.1, 0.15) is 0 Å². The maximum atomic E-state index is 12.1. The van der Waals surface area contributed by atoms with E-state index in [4.69, 9.17) is 5.84 Å². The lowest BCUT2D eigenvalue weighted by Gasteiger charge is -2.09. The predicted molar refractivity (Wildman–Crippen MR) is 69.0 cm³/mol. The minimum Gasteiger partial charge on any atom is -0.320 e. The highest BCUT2D eigenvalue weighted by Crippen LogP contribution is 2.15. The third kappa shape index (κ3) is 2.44. The number of aryl methyl sites for hydroxylation is 1. The van der Waals surface area contributed by atoms with Gasteiger partial charge in [-0.25, -0.2) is 10.8 Å². The van der Waals surface area contributed by atoms with Crippen LogP contribution in [0.2, 0.25) is 0 Å². The number of hydrazine groups is 1. The molecule has 92 valence electrons. The number of nitrogen functional groups attached to an aromatic ring is 1. The molecule has 0 radical (unpaired) electrons. The number of carbonyl (C=O) groups excluding carboxylic acids is 1. The van der Waals surface area contributed by atoms with Crippen molar-refractivity contribution in [3.8, 4) is 0 Å². The normalized spacial score (nSPS) is 9.89. The Bertz CT molecular complexity index is 570. The van der Waals surface area contributed by atoms with Gasteiger partial charge in [0, 0.05) is 12.4 Å². The average molecular weight is 243 g/mol. The van der Waals surface area contributed by atoms with Crippen LogP contribution in [0.15, 0.2) is 36.7 Å². The van der Waals surface area contributed by atoms with Crippen LogP contribution in [0.3, 0.4) is 0 Å². The van der Waals surface area contributed by atoms with Gasteiger partial charge in [-0.15, -0.1) is 0 Å². The molecule has 0 fully saturated rings. The molecule has 0 spiro atoms. The summed E-state index contributed by atoms with van der Waals surface area (Å²) in [7, 11) is 0. The Morgan fingerprint density at radius 3 is 2.67 bits per heavy atom. The molecule has 0 unspecified atom stereocenters. The number of hydrogen-bond donors (Lipinski definition) is 3. The molecule has 0 aliphatic rings. The summed E-state index contributed by atoms with van der Waals surface area (Å²) >= 11 is 0. The van der Waals surface area contributed by atoms with Crippen molar-refractivity contribution in [1.82, 2.24) is 9.97 Å². The molecule has 0 saturated heterocycles. The Hall–Kier alpha value is -2.47. The highest BCUT2D eigenvalue weighted by atomic mass is 16.1. The highest BCUT2D eigenvalue weighted by Gasteiger charge is 2.12. The fraction of sp³-hybridized carbons (Fsp3) is 0.0833. The fourth-order valence-corrected chi connectivity index (χ4v) is 1.51. The molecule has 2 heterocycles. The van der Waals surface area contributed by atoms with E-state index in [1.54, 1.807) is 36.7 Å². The second-order valence-electron chi connectivity index (χ2n) is 3.63. The van der Waals surface area contributed by atoms with E-state index >= 15 is 0 Å². The van der Waals surface area contributed by atoms with Gasteiger partial charge < -0.3 is 10.7 Å². The van der Waals surface area contributed by atoms with E-state index in [-0.39, 0.29) is 5.91 Å². The zero-order valence-corrected chi connectivity index (χ0v) is 9.84. The van der Waals surface area contributed by atoms with E-state index in [2.05, 4.69) is 20.7 Å². The first-order valence-electron chi connectivity index (χ1n) is 5.37. The summed E-state index contributed by atoms with van der Waals surface area (Å²) in [6.45, 7) is 1.82. The topological polar surface area (TPSA) is 92.9 Å². The molecule has 1 amide bonds. The molecule has 2 aromatic heterocycles. The quantitative estimate of drug-likeness (QED) is 0.558. The number of anilines is 2. The van der Waals surface area contributed by atoms with Crippen LogP contribution in [0.5, 0.6) is 0 Å². The molecule has 4 N–H and O–H groups in total.